The van der Waals surface area contributed by atoms with Crippen molar-refractivity contribution >= 4 is 34.1 Å². The van der Waals surface area contributed by atoms with Gasteiger partial charge >= 0.3 is 0 Å². The molecule has 2 heterocycles. The van der Waals surface area contributed by atoms with E-state index in [9.17, 15) is 4.79 Å². The van der Waals surface area contributed by atoms with Gasteiger partial charge < -0.3 is 14.6 Å². The molecular formula is C15H22N4O2S2. The van der Waals surface area contributed by atoms with Crippen molar-refractivity contribution in [3.05, 3.63) is 23.7 Å². The van der Waals surface area contributed by atoms with Gasteiger partial charge in [0, 0.05) is 13.6 Å². The zero-order chi connectivity index (χ0) is 16.7. The van der Waals surface area contributed by atoms with Gasteiger partial charge in [-0.05, 0) is 25.5 Å². The molecule has 0 radical (unpaired) electrons. The molecule has 2 aromatic rings. The summed E-state index contributed by atoms with van der Waals surface area (Å²) in [6.45, 7) is 5.42. The van der Waals surface area contributed by atoms with E-state index in [1.165, 1.54) is 23.1 Å². The molecule has 0 aromatic carbocycles. The summed E-state index contributed by atoms with van der Waals surface area (Å²) in [6.07, 6.45) is 2.25. The lowest BCUT2D eigenvalue weighted by atomic mass is 10.3. The highest BCUT2D eigenvalue weighted by molar-refractivity contribution is 8.01. The van der Waals surface area contributed by atoms with Crippen LogP contribution in [0.2, 0.25) is 0 Å². The van der Waals surface area contributed by atoms with E-state index >= 15 is 0 Å². The maximum absolute atomic E-state index is 12.1. The Morgan fingerprint density at radius 1 is 1.43 bits per heavy atom. The molecule has 0 saturated heterocycles. The molecular weight excluding hydrogens is 332 g/mol. The van der Waals surface area contributed by atoms with E-state index in [2.05, 4.69) is 22.4 Å². The largest absolute Gasteiger partial charge is 0.464 e. The lowest BCUT2D eigenvalue weighted by Gasteiger charge is -2.14. The van der Waals surface area contributed by atoms with Crippen molar-refractivity contribution in [2.24, 2.45) is 0 Å². The van der Waals surface area contributed by atoms with Crippen molar-refractivity contribution in [1.29, 1.82) is 0 Å². The average Bonchev–Trinajstić information content (AvgIpc) is 3.14. The zero-order valence-corrected chi connectivity index (χ0v) is 15.3. The van der Waals surface area contributed by atoms with Gasteiger partial charge in [-0.2, -0.15) is 0 Å². The molecule has 2 aromatic heterocycles. The number of aromatic nitrogens is 2. The summed E-state index contributed by atoms with van der Waals surface area (Å²) in [5.74, 6) is 2.04. The highest BCUT2D eigenvalue weighted by Crippen LogP contribution is 2.25. The predicted octanol–water partition coefficient (Wildman–Crippen LogP) is 3.40. The zero-order valence-electron chi connectivity index (χ0n) is 13.7. The van der Waals surface area contributed by atoms with Crippen LogP contribution in [0.15, 0.2) is 20.9 Å². The molecule has 0 saturated carbocycles. The lowest BCUT2D eigenvalue weighted by molar-refractivity contribution is -0.127. The van der Waals surface area contributed by atoms with Crippen molar-refractivity contribution in [3.63, 3.8) is 0 Å². The molecule has 126 valence electrons. The second kappa shape index (κ2) is 8.93. The molecule has 1 amide bonds. The molecule has 23 heavy (non-hydrogen) atoms. The number of aryl methyl sites for hydroxylation is 1. The molecule has 0 aliphatic carbocycles. The first-order chi connectivity index (χ1) is 11.1. The van der Waals surface area contributed by atoms with Crippen LogP contribution in [-0.4, -0.2) is 40.3 Å². The Bertz CT molecular complexity index is 627. The fourth-order valence-corrected chi connectivity index (χ4v) is 3.56. The highest BCUT2D eigenvalue weighted by atomic mass is 32.2. The second-order valence-electron chi connectivity index (χ2n) is 5.20. The first-order valence-corrected chi connectivity index (χ1v) is 9.38. The van der Waals surface area contributed by atoms with Gasteiger partial charge in [0.15, 0.2) is 4.34 Å². The fraction of sp³-hybridized carbons (Fsp3) is 0.533. The number of carbonyl (C=O) groups excluding carboxylic acids is 1. The number of hydrogen-bond donors (Lipinski definition) is 1. The molecule has 1 N–H and O–H groups in total. The van der Waals surface area contributed by atoms with E-state index < -0.39 is 0 Å². The number of anilines is 1. The van der Waals surface area contributed by atoms with E-state index in [1.807, 2.05) is 19.1 Å². The van der Waals surface area contributed by atoms with Crippen molar-refractivity contribution in [3.8, 4) is 0 Å². The molecule has 0 bridgehead atoms. The molecule has 0 spiro atoms. The number of nitrogens with one attached hydrogen (secondary N) is 1. The predicted molar refractivity (Wildman–Crippen MR) is 93.9 cm³/mol. The molecule has 6 nitrogen and oxygen atoms in total. The first-order valence-electron chi connectivity index (χ1n) is 7.58. The van der Waals surface area contributed by atoms with E-state index in [4.69, 9.17) is 4.42 Å². The Morgan fingerprint density at radius 3 is 2.96 bits per heavy atom. The quantitative estimate of drug-likeness (QED) is 0.550. The molecule has 2 rings (SSSR count). The summed E-state index contributed by atoms with van der Waals surface area (Å²) in [7, 11) is 1.78. The van der Waals surface area contributed by atoms with Gasteiger partial charge in [-0.3, -0.25) is 4.79 Å². The van der Waals surface area contributed by atoms with E-state index in [0.717, 1.165) is 40.4 Å². The number of amides is 1. The van der Waals surface area contributed by atoms with Gasteiger partial charge in [0.25, 0.3) is 0 Å². The molecule has 0 aliphatic rings. The topological polar surface area (TPSA) is 71.3 Å². The normalized spacial score (nSPS) is 10.7. The third kappa shape index (κ3) is 5.87. The summed E-state index contributed by atoms with van der Waals surface area (Å²) in [5.41, 5.74) is 0. The standard InChI is InChI=1S/C15H22N4O2S2/c1-4-5-8-16-14-17-18-15(23-14)22-10-13(20)19(3)9-12-7-6-11(2)21-12/h6-7H,4-5,8-10H2,1-3H3,(H,16,17). The monoisotopic (exact) mass is 354 g/mol. The van der Waals surface area contributed by atoms with Crippen molar-refractivity contribution in [2.45, 2.75) is 37.6 Å². The van der Waals surface area contributed by atoms with Gasteiger partial charge in [0.1, 0.15) is 11.5 Å². The summed E-state index contributed by atoms with van der Waals surface area (Å²) < 4.78 is 6.29. The molecule has 0 unspecified atom stereocenters. The Hall–Kier alpha value is -1.54. The molecule has 0 aliphatic heterocycles. The summed E-state index contributed by atoms with van der Waals surface area (Å²) in [5, 5.41) is 12.2. The van der Waals surface area contributed by atoms with Gasteiger partial charge in [-0.1, -0.05) is 36.4 Å². The Morgan fingerprint density at radius 2 is 2.26 bits per heavy atom. The number of hydrogen-bond acceptors (Lipinski definition) is 7. The molecule has 0 atom stereocenters. The van der Waals surface area contributed by atoms with Gasteiger partial charge in [-0.15, -0.1) is 10.2 Å². The minimum Gasteiger partial charge on any atom is -0.464 e. The van der Waals surface area contributed by atoms with Crippen LogP contribution < -0.4 is 5.32 Å². The summed E-state index contributed by atoms with van der Waals surface area (Å²) >= 11 is 2.90. The lowest BCUT2D eigenvalue weighted by Crippen LogP contribution is -2.27. The maximum Gasteiger partial charge on any atom is 0.233 e. The van der Waals surface area contributed by atoms with Crippen LogP contribution >= 0.6 is 23.1 Å². The number of carbonyl (C=O) groups is 1. The van der Waals surface area contributed by atoms with Gasteiger partial charge in [-0.25, -0.2) is 0 Å². The third-order valence-electron chi connectivity index (χ3n) is 3.15. The fourth-order valence-electron chi connectivity index (χ4n) is 1.84. The van der Waals surface area contributed by atoms with Crippen LogP contribution in [0, 0.1) is 6.92 Å². The number of nitrogens with zero attached hydrogens (tertiary/aromatic N) is 3. The van der Waals surface area contributed by atoms with E-state index in [0.29, 0.717) is 12.3 Å². The minimum absolute atomic E-state index is 0.0414. The summed E-state index contributed by atoms with van der Waals surface area (Å²) in [4.78, 5) is 13.8. The van der Waals surface area contributed by atoms with Crippen LogP contribution in [-0.2, 0) is 11.3 Å². The van der Waals surface area contributed by atoms with Crippen LogP contribution in [0.5, 0.6) is 0 Å². The van der Waals surface area contributed by atoms with E-state index in [-0.39, 0.29) is 5.91 Å². The average molecular weight is 355 g/mol. The van der Waals surface area contributed by atoms with Crippen molar-refractivity contribution in [2.75, 3.05) is 24.7 Å². The van der Waals surface area contributed by atoms with Crippen molar-refractivity contribution < 1.29 is 9.21 Å². The van der Waals surface area contributed by atoms with Crippen LogP contribution in [0.3, 0.4) is 0 Å². The molecule has 0 fully saturated rings. The van der Waals surface area contributed by atoms with Crippen molar-refractivity contribution in [1.82, 2.24) is 15.1 Å². The molecule has 8 heteroatoms. The smallest absolute Gasteiger partial charge is 0.233 e. The van der Waals surface area contributed by atoms with Gasteiger partial charge in [0.05, 0.1) is 12.3 Å². The number of rotatable bonds is 9. The maximum atomic E-state index is 12.1. The Labute approximate surface area is 144 Å². The van der Waals surface area contributed by atoms with Gasteiger partial charge in [0.2, 0.25) is 11.0 Å². The number of thioether (sulfide) groups is 1. The van der Waals surface area contributed by atoms with Crippen LogP contribution in [0.25, 0.3) is 0 Å². The number of unbranched alkanes of at least 4 members (excludes halogenated alkanes) is 1. The minimum atomic E-state index is 0.0414. The van der Waals surface area contributed by atoms with Crippen LogP contribution in [0.4, 0.5) is 5.13 Å². The highest BCUT2D eigenvalue weighted by Gasteiger charge is 2.13. The number of furan rings is 1. The third-order valence-corrected chi connectivity index (χ3v) is 5.15. The Balaban J connectivity index is 1.75. The first kappa shape index (κ1) is 17.8. The van der Waals surface area contributed by atoms with E-state index in [1.54, 1.807) is 11.9 Å². The summed E-state index contributed by atoms with van der Waals surface area (Å²) in [6, 6.07) is 3.79. The SMILES string of the molecule is CCCCNc1nnc(SCC(=O)N(C)Cc2ccc(C)o2)s1. The second-order valence-corrected chi connectivity index (χ2v) is 7.40. The Kier molecular flexibility index (Phi) is 6.91. The van der Waals surface area contributed by atoms with Crippen LogP contribution in [0.1, 0.15) is 31.3 Å².